The zero-order valence-corrected chi connectivity index (χ0v) is 11.1. The van der Waals surface area contributed by atoms with Crippen molar-refractivity contribution in [3.63, 3.8) is 0 Å². The third kappa shape index (κ3) is 5.82. The van der Waals surface area contributed by atoms with Crippen molar-refractivity contribution in [1.29, 1.82) is 0 Å². The van der Waals surface area contributed by atoms with Crippen molar-refractivity contribution in [1.82, 2.24) is 14.8 Å². The molecule has 98 valence electrons. The highest BCUT2D eigenvalue weighted by atomic mass is 16.3. The predicted molar refractivity (Wildman–Crippen MR) is 68.7 cm³/mol. The molecule has 1 aromatic heterocycles. The summed E-state index contributed by atoms with van der Waals surface area (Å²) in [5.74, 6) is 0.864. The third-order valence-corrected chi connectivity index (χ3v) is 3.11. The summed E-state index contributed by atoms with van der Waals surface area (Å²) < 4.78 is 1.73. The lowest BCUT2D eigenvalue weighted by atomic mass is 10.1. The zero-order valence-electron chi connectivity index (χ0n) is 11.1. The van der Waals surface area contributed by atoms with Crippen LogP contribution >= 0.6 is 0 Å². The molecule has 1 aromatic rings. The fourth-order valence-electron chi connectivity index (χ4n) is 1.98. The van der Waals surface area contributed by atoms with Gasteiger partial charge in [0, 0.05) is 13.5 Å². The molecule has 1 unspecified atom stereocenters. The standard InChI is InChI=1S/C13H25N3O/c1-3-4-5-6-7-8-9-12(17)10-13-14-11-15-16(13)2/h11-12,17H,3-10H2,1-2H3. The molecule has 0 amide bonds. The summed E-state index contributed by atoms with van der Waals surface area (Å²) in [6.45, 7) is 2.23. The summed E-state index contributed by atoms with van der Waals surface area (Å²) in [4.78, 5) is 4.12. The molecule has 1 N–H and O–H groups in total. The number of unbranched alkanes of at least 4 members (excludes halogenated alkanes) is 5. The van der Waals surface area contributed by atoms with E-state index in [0.717, 1.165) is 18.7 Å². The first-order valence-electron chi connectivity index (χ1n) is 6.75. The monoisotopic (exact) mass is 239 g/mol. The normalized spacial score (nSPS) is 12.9. The first-order chi connectivity index (χ1) is 8.24. The van der Waals surface area contributed by atoms with Crippen molar-refractivity contribution in [3.05, 3.63) is 12.2 Å². The van der Waals surface area contributed by atoms with Crippen LogP contribution in [0.1, 0.15) is 57.7 Å². The van der Waals surface area contributed by atoms with Gasteiger partial charge in [-0.3, -0.25) is 4.68 Å². The number of aryl methyl sites for hydroxylation is 1. The number of aliphatic hydroxyl groups excluding tert-OH is 1. The van der Waals surface area contributed by atoms with E-state index in [1.54, 1.807) is 4.68 Å². The lowest BCUT2D eigenvalue weighted by molar-refractivity contribution is 0.157. The predicted octanol–water partition coefficient (Wildman–Crippen LogP) is 2.47. The van der Waals surface area contributed by atoms with E-state index < -0.39 is 0 Å². The third-order valence-electron chi connectivity index (χ3n) is 3.11. The van der Waals surface area contributed by atoms with Crippen LogP contribution in [-0.2, 0) is 13.5 Å². The molecule has 1 heterocycles. The highest BCUT2D eigenvalue weighted by Crippen LogP contribution is 2.10. The maximum absolute atomic E-state index is 9.87. The van der Waals surface area contributed by atoms with Gasteiger partial charge in [-0.15, -0.1) is 0 Å². The molecule has 0 bridgehead atoms. The van der Waals surface area contributed by atoms with E-state index in [1.165, 1.54) is 38.4 Å². The summed E-state index contributed by atoms with van der Waals surface area (Å²) in [7, 11) is 1.86. The molecule has 0 radical (unpaired) electrons. The zero-order chi connectivity index (χ0) is 12.5. The maximum Gasteiger partial charge on any atom is 0.138 e. The smallest absolute Gasteiger partial charge is 0.138 e. The molecule has 4 nitrogen and oxygen atoms in total. The van der Waals surface area contributed by atoms with Crippen LogP contribution in [0.5, 0.6) is 0 Å². The van der Waals surface area contributed by atoms with Crippen LogP contribution in [0.2, 0.25) is 0 Å². The van der Waals surface area contributed by atoms with E-state index in [4.69, 9.17) is 0 Å². The molecule has 0 fully saturated rings. The van der Waals surface area contributed by atoms with Gasteiger partial charge >= 0.3 is 0 Å². The lowest BCUT2D eigenvalue weighted by Gasteiger charge is -2.09. The van der Waals surface area contributed by atoms with Crippen molar-refractivity contribution in [2.75, 3.05) is 0 Å². The Kier molecular flexibility index (Phi) is 6.86. The fraction of sp³-hybridized carbons (Fsp3) is 0.846. The Bertz CT molecular complexity index is 299. The van der Waals surface area contributed by atoms with Crippen LogP contribution in [0.3, 0.4) is 0 Å². The average molecular weight is 239 g/mol. The van der Waals surface area contributed by atoms with Crippen molar-refractivity contribution < 1.29 is 5.11 Å². The summed E-state index contributed by atoms with van der Waals surface area (Å²) >= 11 is 0. The van der Waals surface area contributed by atoms with E-state index in [2.05, 4.69) is 17.0 Å². The SMILES string of the molecule is CCCCCCCCC(O)Cc1ncnn1C. The second-order valence-corrected chi connectivity index (χ2v) is 4.71. The van der Waals surface area contributed by atoms with E-state index in [0.29, 0.717) is 6.42 Å². The Balaban J connectivity index is 2.05. The van der Waals surface area contributed by atoms with Crippen LogP contribution in [0.25, 0.3) is 0 Å². The van der Waals surface area contributed by atoms with E-state index in [9.17, 15) is 5.11 Å². The molecule has 17 heavy (non-hydrogen) atoms. The minimum absolute atomic E-state index is 0.274. The largest absolute Gasteiger partial charge is 0.393 e. The number of rotatable bonds is 9. The van der Waals surface area contributed by atoms with Crippen molar-refractivity contribution in [3.8, 4) is 0 Å². The van der Waals surface area contributed by atoms with Gasteiger partial charge in [0.15, 0.2) is 0 Å². The second-order valence-electron chi connectivity index (χ2n) is 4.71. The van der Waals surface area contributed by atoms with Gasteiger partial charge < -0.3 is 5.11 Å². The maximum atomic E-state index is 9.87. The number of aromatic nitrogens is 3. The summed E-state index contributed by atoms with van der Waals surface area (Å²) in [5.41, 5.74) is 0. The van der Waals surface area contributed by atoms with Crippen molar-refractivity contribution in [2.45, 2.75) is 64.4 Å². The number of aliphatic hydroxyl groups is 1. The molecule has 0 saturated carbocycles. The molecule has 0 aliphatic rings. The molecule has 0 spiro atoms. The van der Waals surface area contributed by atoms with E-state index >= 15 is 0 Å². The quantitative estimate of drug-likeness (QED) is 0.673. The molecule has 0 aliphatic heterocycles. The van der Waals surface area contributed by atoms with Crippen LogP contribution in [-0.4, -0.2) is 26.0 Å². The van der Waals surface area contributed by atoms with Gasteiger partial charge in [0.05, 0.1) is 6.10 Å². The molecular formula is C13H25N3O. The summed E-state index contributed by atoms with van der Waals surface area (Å²) in [5, 5.41) is 13.9. The Morgan fingerprint density at radius 3 is 2.59 bits per heavy atom. The summed E-state index contributed by atoms with van der Waals surface area (Å²) in [6.07, 6.45) is 10.3. The fourth-order valence-corrected chi connectivity index (χ4v) is 1.98. The number of hydrogen-bond donors (Lipinski definition) is 1. The summed E-state index contributed by atoms with van der Waals surface area (Å²) in [6, 6.07) is 0. The van der Waals surface area contributed by atoms with E-state index in [1.807, 2.05) is 7.05 Å². The van der Waals surface area contributed by atoms with Crippen LogP contribution in [0.4, 0.5) is 0 Å². The van der Waals surface area contributed by atoms with Gasteiger partial charge in [-0.05, 0) is 6.42 Å². The number of hydrogen-bond acceptors (Lipinski definition) is 3. The molecule has 0 aliphatic carbocycles. The minimum atomic E-state index is -0.274. The topological polar surface area (TPSA) is 50.9 Å². The average Bonchev–Trinajstić information content (AvgIpc) is 2.69. The van der Waals surface area contributed by atoms with Crippen LogP contribution in [0.15, 0.2) is 6.33 Å². The van der Waals surface area contributed by atoms with E-state index in [-0.39, 0.29) is 6.10 Å². The Hall–Kier alpha value is -0.900. The first kappa shape index (κ1) is 14.2. The van der Waals surface area contributed by atoms with Gasteiger partial charge in [0.1, 0.15) is 12.2 Å². The van der Waals surface area contributed by atoms with Crippen molar-refractivity contribution >= 4 is 0 Å². The van der Waals surface area contributed by atoms with Crippen LogP contribution in [0, 0.1) is 0 Å². The Morgan fingerprint density at radius 2 is 1.94 bits per heavy atom. The highest BCUT2D eigenvalue weighted by molar-refractivity contribution is 4.86. The van der Waals surface area contributed by atoms with Crippen LogP contribution < -0.4 is 0 Å². The van der Waals surface area contributed by atoms with Gasteiger partial charge in [-0.2, -0.15) is 5.10 Å². The van der Waals surface area contributed by atoms with Gasteiger partial charge in [0.2, 0.25) is 0 Å². The minimum Gasteiger partial charge on any atom is -0.393 e. The number of nitrogens with zero attached hydrogens (tertiary/aromatic N) is 3. The lowest BCUT2D eigenvalue weighted by Crippen LogP contribution is -2.14. The molecule has 1 rings (SSSR count). The van der Waals surface area contributed by atoms with Gasteiger partial charge in [-0.25, -0.2) is 4.98 Å². The first-order valence-corrected chi connectivity index (χ1v) is 6.75. The van der Waals surface area contributed by atoms with Crippen molar-refractivity contribution in [2.24, 2.45) is 7.05 Å². The van der Waals surface area contributed by atoms with Gasteiger partial charge in [0.25, 0.3) is 0 Å². The van der Waals surface area contributed by atoms with Gasteiger partial charge in [-0.1, -0.05) is 45.4 Å². The molecule has 4 heteroatoms. The second kappa shape index (κ2) is 8.23. The molecule has 0 saturated heterocycles. The molecule has 0 aromatic carbocycles. The Morgan fingerprint density at radius 1 is 1.24 bits per heavy atom. The molecular weight excluding hydrogens is 214 g/mol. The highest BCUT2D eigenvalue weighted by Gasteiger charge is 2.09. The Labute approximate surface area is 104 Å². The molecule has 1 atom stereocenters.